The topological polar surface area (TPSA) is 417 Å². The Balaban J connectivity index is 1.53. The van der Waals surface area contributed by atoms with Gasteiger partial charge in [-0.15, -0.1) is 0 Å². The number of rotatable bonds is 28. The molecule has 0 aliphatic carbocycles. The van der Waals surface area contributed by atoms with Crippen molar-refractivity contribution in [2.24, 2.45) is 5.92 Å². The van der Waals surface area contributed by atoms with Crippen molar-refractivity contribution in [2.45, 2.75) is 134 Å². The van der Waals surface area contributed by atoms with Gasteiger partial charge >= 0.3 is 17.9 Å². The molecular weight excluding hydrogens is 1060 g/mol. The highest BCUT2D eigenvalue weighted by molar-refractivity contribution is 5.99. The maximum atomic E-state index is 14.3. The molecule has 9 amide bonds. The third-order valence-electron chi connectivity index (χ3n) is 13.2. The van der Waals surface area contributed by atoms with Crippen molar-refractivity contribution in [1.82, 2.24) is 47.0 Å². The highest BCUT2D eigenvalue weighted by atomic mass is 16.4. The zero-order chi connectivity index (χ0) is 60.4. The number of likely N-dealkylation sites (N-methyl/N-ethyl adjacent to an activating group) is 1. The third kappa shape index (κ3) is 19.5. The van der Waals surface area contributed by atoms with E-state index in [2.05, 4.69) is 37.2 Å². The zero-order valence-electron chi connectivity index (χ0n) is 45.3. The van der Waals surface area contributed by atoms with Gasteiger partial charge < -0.3 is 77.7 Å². The zero-order valence-corrected chi connectivity index (χ0v) is 45.3. The summed E-state index contributed by atoms with van der Waals surface area (Å²) in [6, 6.07) is 3.17. The number of amides is 9. The number of nitrogens with one attached hydrogen (secondary N) is 7. The summed E-state index contributed by atoms with van der Waals surface area (Å²) in [4.78, 5) is 161. The van der Waals surface area contributed by atoms with Crippen LogP contribution in [0.1, 0.15) is 77.0 Å². The molecule has 3 aromatic rings. The molecule has 4 rings (SSSR count). The van der Waals surface area contributed by atoms with Crippen LogP contribution in [0.2, 0.25) is 0 Å². The van der Waals surface area contributed by atoms with Crippen molar-refractivity contribution in [2.75, 3.05) is 13.6 Å². The number of aliphatic carboxylic acids is 3. The number of aromatic hydroxyl groups is 3. The average Bonchev–Trinajstić information content (AvgIpc) is 3.90. The number of likely N-dealkylation sites (tertiary alicyclic amines) is 1. The SMILES string of the molecule is CC(=O)N[C@@H](Cc1ccc(O)cc1)C(=O)N1CCC[C@H]1C(=O)N[C@@H](Cc1ccc(O)cc1)C(=O)N[C@@H](CC(=O)O)C(=O)N[C@@H](C(=O)N(C)[C@@H](C)C(=O)N[C@H](CC(=O)O)C(=O)N[C@H](Cc1ccc(O)cc1)C(=O)N[C@H](C)C(=O)O)C(C)C. The molecule has 27 nitrogen and oxygen atoms in total. The molecule has 81 heavy (non-hydrogen) atoms. The van der Waals surface area contributed by atoms with E-state index in [9.17, 15) is 88.2 Å². The maximum Gasteiger partial charge on any atom is 0.325 e. The Hall–Kier alpha value is -9.30. The predicted octanol–water partition coefficient (Wildman–Crippen LogP) is -1.21. The highest BCUT2D eigenvalue weighted by Gasteiger charge is 2.41. The number of hydrogen-bond donors (Lipinski definition) is 13. The molecule has 3 aromatic carbocycles. The number of hydrogen-bond acceptors (Lipinski definition) is 15. The third-order valence-corrected chi connectivity index (χ3v) is 13.2. The normalized spacial score (nSPS) is 15.8. The molecule has 0 radical (unpaired) electrons. The van der Waals surface area contributed by atoms with Crippen molar-refractivity contribution in [1.29, 1.82) is 0 Å². The van der Waals surface area contributed by atoms with Gasteiger partial charge in [-0.2, -0.15) is 0 Å². The van der Waals surface area contributed by atoms with Crippen LogP contribution in [0, 0.1) is 5.92 Å². The predicted molar refractivity (Wildman–Crippen MR) is 284 cm³/mol. The Bertz CT molecular complexity index is 2790. The molecule has 1 aliphatic heterocycles. The van der Waals surface area contributed by atoms with Crippen LogP contribution in [0.5, 0.6) is 17.2 Å². The fourth-order valence-corrected chi connectivity index (χ4v) is 8.57. The Morgan fingerprint density at radius 3 is 1.36 bits per heavy atom. The number of carboxylic acids is 3. The largest absolute Gasteiger partial charge is 0.508 e. The van der Waals surface area contributed by atoms with Crippen LogP contribution < -0.4 is 37.2 Å². The van der Waals surface area contributed by atoms with E-state index in [1.807, 2.05) is 0 Å². The average molecular weight is 1130 g/mol. The summed E-state index contributed by atoms with van der Waals surface area (Å²) in [7, 11) is 1.14. The van der Waals surface area contributed by atoms with Gasteiger partial charge in [-0.25, -0.2) is 0 Å². The number of benzene rings is 3. The molecular formula is C54H69N9O18. The standard InChI is InChI=1S/C54H69N9O18/c1-27(2)45(53(79)62(6)29(4)46(72)57-39(25-43(68)69)49(75)58-37(47(73)55-28(3)54(80)81)22-31-9-15-34(65)16-10-31)61-50(76)40(26-44(70)71)59-48(74)38(23-32-11-17-35(66)18-12-32)60-51(77)42-8-7-21-63(42)52(78)41(56-30(5)64)24-33-13-19-36(67)20-14-33/h9-20,27-29,37-42,45,65-67H,7-8,21-26H2,1-6H3,(H,55,73)(H,56,64)(H,57,72)(H,58,75)(H,59,74)(H,60,77)(H,61,76)(H,68,69)(H,70,71)(H,80,81)/t28-,29+,37-,38+,39-,40+,41+,42+,45-/m1/s1. The summed E-state index contributed by atoms with van der Waals surface area (Å²) in [5, 5.41) is 75.2. The molecule has 1 saturated heterocycles. The fraction of sp³-hybridized carbons (Fsp3) is 0.444. The molecule has 13 N–H and O–H groups in total. The van der Waals surface area contributed by atoms with Gasteiger partial charge in [0.05, 0.1) is 12.8 Å². The second kappa shape index (κ2) is 29.6. The van der Waals surface area contributed by atoms with E-state index in [0.29, 0.717) is 23.1 Å². The molecule has 0 aromatic heterocycles. The maximum absolute atomic E-state index is 14.3. The monoisotopic (exact) mass is 1130 g/mol. The van der Waals surface area contributed by atoms with E-state index >= 15 is 0 Å². The van der Waals surface area contributed by atoms with Gasteiger partial charge in [0.1, 0.15) is 71.6 Å². The fourth-order valence-electron chi connectivity index (χ4n) is 8.57. The number of carbonyl (C=O) groups is 12. The number of nitrogens with zero attached hydrogens (tertiary/aromatic N) is 2. The van der Waals surface area contributed by atoms with Crippen LogP contribution in [0.15, 0.2) is 72.8 Å². The van der Waals surface area contributed by atoms with Crippen LogP contribution in [-0.2, 0) is 76.8 Å². The van der Waals surface area contributed by atoms with Crippen molar-refractivity contribution in [3.8, 4) is 17.2 Å². The summed E-state index contributed by atoms with van der Waals surface area (Å²) in [6.45, 7) is 6.66. The van der Waals surface area contributed by atoms with Crippen molar-refractivity contribution < 1.29 is 88.2 Å². The minimum atomic E-state index is -1.92. The van der Waals surface area contributed by atoms with Gasteiger partial charge in [-0.3, -0.25) is 57.5 Å². The Morgan fingerprint density at radius 1 is 0.531 bits per heavy atom. The molecule has 0 bridgehead atoms. The van der Waals surface area contributed by atoms with Crippen LogP contribution >= 0.6 is 0 Å². The summed E-state index contributed by atoms with van der Waals surface area (Å²) in [5.74, 6) is -14.1. The van der Waals surface area contributed by atoms with Crippen molar-refractivity contribution in [3.05, 3.63) is 89.5 Å². The van der Waals surface area contributed by atoms with Crippen molar-refractivity contribution >= 4 is 71.1 Å². The first-order chi connectivity index (χ1) is 38.0. The Kier molecular flexibility index (Phi) is 23.5. The smallest absolute Gasteiger partial charge is 0.325 e. The first kappa shape index (κ1) is 64.2. The Labute approximate surface area is 465 Å². The number of carbonyl (C=O) groups excluding carboxylic acids is 9. The van der Waals surface area contributed by atoms with E-state index in [1.165, 1.54) is 93.3 Å². The molecule has 0 saturated carbocycles. The number of phenols is 3. The van der Waals surface area contributed by atoms with E-state index in [-0.39, 0.29) is 49.5 Å². The molecule has 1 heterocycles. The lowest BCUT2D eigenvalue weighted by molar-refractivity contribution is -0.145. The highest BCUT2D eigenvalue weighted by Crippen LogP contribution is 2.22. The molecule has 0 unspecified atom stereocenters. The van der Waals surface area contributed by atoms with Gasteiger partial charge in [0.15, 0.2) is 0 Å². The molecule has 1 fully saturated rings. The molecule has 9 atom stereocenters. The molecule has 27 heteroatoms. The summed E-state index contributed by atoms with van der Waals surface area (Å²) in [5.41, 5.74) is 1.36. The lowest BCUT2D eigenvalue weighted by Crippen LogP contribution is -2.61. The van der Waals surface area contributed by atoms with E-state index in [0.717, 1.165) is 18.9 Å². The quantitative estimate of drug-likeness (QED) is 0.0406. The van der Waals surface area contributed by atoms with Crippen LogP contribution in [-0.4, -0.2) is 179 Å². The molecule has 438 valence electrons. The van der Waals surface area contributed by atoms with Crippen molar-refractivity contribution in [3.63, 3.8) is 0 Å². The summed E-state index contributed by atoms with van der Waals surface area (Å²) >= 11 is 0. The first-order valence-corrected chi connectivity index (χ1v) is 25.7. The summed E-state index contributed by atoms with van der Waals surface area (Å²) < 4.78 is 0. The number of phenolic OH excluding ortho intramolecular Hbond substituents is 3. The second-order valence-corrected chi connectivity index (χ2v) is 19.9. The van der Waals surface area contributed by atoms with Crippen LogP contribution in [0.4, 0.5) is 0 Å². The van der Waals surface area contributed by atoms with Crippen LogP contribution in [0.25, 0.3) is 0 Å². The van der Waals surface area contributed by atoms with Crippen LogP contribution in [0.3, 0.4) is 0 Å². The second-order valence-electron chi connectivity index (χ2n) is 19.9. The first-order valence-electron chi connectivity index (χ1n) is 25.7. The van der Waals surface area contributed by atoms with Gasteiger partial charge in [0.2, 0.25) is 53.2 Å². The van der Waals surface area contributed by atoms with Gasteiger partial charge in [-0.1, -0.05) is 50.2 Å². The minimum absolute atomic E-state index is 0.000710. The minimum Gasteiger partial charge on any atom is -0.508 e. The van der Waals surface area contributed by atoms with E-state index in [1.54, 1.807) is 12.1 Å². The molecule has 0 spiro atoms. The Morgan fingerprint density at radius 2 is 0.926 bits per heavy atom. The summed E-state index contributed by atoms with van der Waals surface area (Å²) in [6.07, 6.45) is -2.16. The van der Waals surface area contributed by atoms with E-state index in [4.69, 9.17) is 0 Å². The van der Waals surface area contributed by atoms with Gasteiger partial charge in [0.25, 0.3) is 0 Å². The lowest BCUT2D eigenvalue weighted by atomic mass is 10.0. The van der Waals surface area contributed by atoms with Gasteiger partial charge in [-0.05, 0) is 85.7 Å². The van der Waals surface area contributed by atoms with E-state index < -0.39 is 144 Å². The van der Waals surface area contributed by atoms with Gasteiger partial charge in [0, 0.05) is 39.8 Å². The lowest BCUT2D eigenvalue weighted by Gasteiger charge is -2.32. The number of carboxylic acid groups (broad SMARTS) is 3. The molecule has 1 aliphatic rings.